The van der Waals surface area contributed by atoms with Crippen LogP contribution in [0.1, 0.15) is 39.7 Å². The molecule has 5 nitrogen and oxygen atoms in total. The van der Waals surface area contributed by atoms with Crippen molar-refractivity contribution in [2.24, 2.45) is 0 Å². The van der Waals surface area contributed by atoms with Crippen LogP contribution in [-0.2, 0) is 17.8 Å². The first kappa shape index (κ1) is 21.1. The van der Waals surface area contributed by atoms with E-state index in [0.717, 1.165) is 39.6 Å². The third-order valence-electron chi connectivity index (χ3n) is 5.33. The van der Waals surface area contributed by atoms with E-state index in [4.69, 9.17) is 0 Å². The molecule has 0 atom stereocenters. The molecular formula is C25H25N3O2S. The van der Waals surface area contributed by atoms with E-state index in [2.05, 4.69) is 17.2 Å². The Labute approximate surface area is 186 Å². The average Bonchev–Trinajstić information content (AvgIpc) is 2.76. The van der Waals surface area contributed by atoms with Crippen LogP contribution in [-0.4, -0.2) is 22.6 Å². The van der Waals surface area contributed by atoms with Crippen molar-refractivity contribution in [2.75, 3.05) is 16.0 Å². The van der Waals surface area contributed by atoms with E-state index in [-0.39, 0.29) is 11.8 Å². The number of rotatable bonds is 5. The number of pyridine rings is 1. The number of anilines is 2. The summed E-state index contributed by atoms with van der Waals surface area (Å²) in [5.41, 5.74) is 6.42. The zero-order chi connectivity index (χ0) is 22.0. The smallest absolute Gasteiger partial charge is 0.255 e. The van der Waals surface area contributed by atoms with Crippen molar-refractivity contribution in [3.63, 3.8) is 0 Å². The van der Waals surface area contributed by atoms with Crippen molar-refractivity contribution in [1.29, 1.82) is 0 Å². The molecule has 0 spiro atoms. The van der Waals surface area contributed by atoms with Gasteiger partial charge in [0.05, 0.1) is 18.0 Å². The maximum atomic E-state index is 12.6. The van der Waals surface area contributed by atoms with Crippen molar-refractivity contribution >= 4 is 35.0 Å². The minimum atomic E-state index is -0.147. The zero-order valence-electron chi connectivity index (χ0n) is 17.9. The predicted octanol–water partition coefficient (Wildman–Crippen LogP) is 5.15. The molecule has 4 rings (SSSR count). The minimum absolute atomic E-state index is 0.0730. The van der Waals surface area contributed by atoms with Gasteiger partial charge in [0.2, 0.25) is 5.91 Å². The number of amides is 2. The topological polar surface area (TPSA) is 62.3 Å². The van der Waals surface area contributed by atoms with Crippen LogP contribution in [0.5, 0.6) is 0 Å². The van der Waals surface area contributed by atoms with Crippen LogP contribution in [0.25, 0.3) is 0 Å². The standard InChI is InChI=1S/C25H25N3O2S/c1-4-18-6-5-7-21(13-18)27-24(30)20-10-8-19(9-11-20)14-28-22(29)15-31-25-23(28)16(2)12-17(3)26-25/h5-13H,4,14-15H2,1-3H3,(H,27,30). The summed E-state index contributed by atoms with van der Waals surface area (Å²) in [7, 11) is 0. The van der Waals surface area contributed by atoms with Gasteiger partial charge in [0.25, 0.3) is 5.91 Å². The Morgan fingerprint density at radius 1 is 1.10 bits per heavy atom. The molecule has 3 aromatic rings. The monoisotopic (exact) mass is 431 g/mol. The number of hydrogen-bond acceptors (Lipinski definition) is 4. The van der Waals surface area contributed by atoms with Gasteiger partial charge in [-0.25, -0.2) is 4.98 Å². The van der Waals surface area contributed by atoms with Gasteiger partial charge in [-0.2, -0.15) is 0 Å². The van der Waals surface area contributed by atoms with E-state index >= 15 is 0 Å². The van der Waals surface area contributed by atoms with E-state index in [9.17, 15) is 9.59 Å². The molecule has 0 bridgehead atoms. The lowest BCUT2D eigenvalue weighted by atomic mass is 10.1. The minimum Gasteiger partial charge on any atom is -0.322 e. The van der Waals surface area contributed by atoms with Crippen molar-refractivity contribution in [2.45, 2.75) is 38.8 Å². The molecule has 0 fully saturated rings. The number of carbonyl (C=O) groups excluding carboxylic acids is 2. The predicted molar refractivity (Wildman–Crippen MR) is 126 cm³/mol. The Morgan fingerprint density at radius 2 is 1.87 bits per heavy atom. The van der Waals surface area contributed by atoms with Gasteiger partial charge in [0.15, 0.2) is 0 Å². The normalized spacial score (nSPS) is 13.1. The highest BCUT2D eigenvalue weighted by atomic mass is 32.2. The highest BCUT2D eigenvalue weighted by molar-refractivity contribution is 8.00. The number of benzene rings is 2. The molecule has 1 aromatic heterocycles. The van der Waals surface area contributed by atoms with Gasteiger partial charge < -0.3 is 10.2 Å². The molecule has 1 aliphatic rings. The van der Waals surface area contributed by atoms with E-state index in [1.54, 1.807) is 17.0 Å². The molecule has 31 heavy (non-hydrogen) atoms. The third kappa shape index (κ3) is 4.64. The Hall–Kier alpha value is -3.12. The summed E-state index contributed by atoms with van der Waals surface area (Å²) >= 11 is 1.49. The van der Waals surface area contributed by atoms with Gasteiger partial charge in [-0.1, -0.05) is 43.0 Å². The van der Waals surface area contributed by atoms with Crippen LogP contribution in [0, 0.1) is 13.8 Å². The first-order valence-electron chi connectivity index (χ1n) is 10.3. The molecule has 158 valence electrons. The molecule has 0 saturated heterocycles. The highest BCUT2D eigenvalue weighted by Gasteiger charge is 2.27. The van der Waals surface area contributed by atoms with E-state index < -0.39 is 0 Å². The van der Waals surface area contributed by atoms with Crippen LogP contribution >= 0.6 is 11.8 Å². The van der Waals surface area contributed by atoms with Crippen molar-refractivity contribution in [3.8, 4) is 0 Å². The molecule has 0 unspecified atom stereocenters. The van der Waals surface area contributed by atoms with E-state index in [1.807, 2.05) is 56.3 Å². The summed E-state index contributed by atoms with van der Waals surface area (Å²) in [6.45, 7) is 6.53. The Morgan fingerprint density at radius 3 is 2.61 bits per heavy atom. The number of aryl methyl sites for hydroxylation is 3. The maximum absolute atomic E-state index is 12.6. The first-order chi connectivity index (χ1) is 14.9. The number of fused-ring (bicyclic) bond motifs is 1. The van der Waals surface area contributed by atoms with Crippen LogP contribution < -0.4 is 10.2 Å². The Kier molecular flexibility index (Phi) is 6.09. The molecule has 2 aromatic carbocycles. The fourth-order valence-corrected chi connectivity index (χ4v) is 4.77. The molecule has 0 radical (unpaired) electrons. The van der Waals surface area contributed by atoms with Crippen molar-refractivity contribution in [3.05, 3.63) is 82.5 Å². The number of thioether (sulfide) groups is 1. The summed E-state index contributed by atoms with van der Waals surface area (Å²) in [5, 5.41) is 3.86. The van der Waals surface area contributed by atoms with Gasteiger partial charge in [0.1, 0.15) is 5.03 Å². The summed E-state index contributed by atoms with van der Waals surface area (Å²) in [5.74, 6) is 0.315. The number of nitrogens with one attached hydrogen (secondary N) is 1. The van der Waals surface area contributed by atoms with E-state index in [1.165, 1.54) is 17.3 Å². The lowest BCUT2D eigenvalue weighted by molar-refractivity contribution is -0.116. The number of nitrogens with zero attached hydrogens (tertiary/aromatic N) is 2. The second kappa shape index (κ2) is 8.94. The van der Waals surface area contributed by atoms with Crippen molar-refractivity contribution in [1.82, 2.24) is 4.98 Å². The molecular weight excluding hydrogens is 406 g/mol. The van der Waals surface area contributed by atoms with Gasteiger partial charge in [-0.15, -0.1) is 0 Å². The van der Waals surface area contributed by atoms with Gasteiger partial charge in [-0.3, -0.25) is 9.59 Å². The third-order valence-corrected chi connectivity index (χ3v) is 6.28. The van der Waals surface area contributed by atoms with Crippen LogP contribution in [0.4, 0.5) is 11.4 Å². The van der Waals surface area contributed by atoms with Crippen LogP contribution in [0.2, 0.25) is 0 Å². The molecule has 2 heterocycles. The maximum Gasteiger partial charge on any atom is 0.255 e. The molecule has 0 aliphatic carbocycles. The van der Waals surface area contributed by atoms with Gasteiger partial charge in [0, 0.05) is 16.9 Å². The zero-order valence-corrected chi connectivity index (χ0v) is 18.8. The molecule has 1 N–H and O–H groups in total. The fraction of sp³-hybridized carbons (Fsp3) is 0.240. The quantitative estimate of drug-likeness (QED) is 0.607. The van der Waals surface area contributed by atoms with Gasteiger partial charge >= 0.3 is 0 Å². The molecule has 2 amide bonds. The number of carbonyl (C=O) groups is 2. The summed E-state index contributed by atoms with van der Waals surface area (Å²) in [6, 6.07) is 17.3. The lowest BCUT2D eigenvalue weighted by Gasteiger charge is -2.30. The molecule has 1 aliphatic heterocycles. The summed E-state index contributed by atoms with van der Waals surface area (Å²) < 4.78 is 0. The highest BCUT2D eigenvalue weighted by Crippen LogP contribution is 2.37. The van der Waals surface area contributed by atoms with Gasteiger partial charge in [-0.05, 0) is 67.3 Å². The molecule has 0 saturated carbocycles. The van der Waals surface area contributed by atoms with E-state index in [0.29, 0.717) is 17.9 Å². The lowest BCUT2D eigenvalue weighted by Crippen LogP contribution is -2.35. The number of hydrogen-bond donors (Lipinski definition) is 1. The number of aromatic nitrogens is 1. The Bertz CT molecular complexity index is 1140. The summed E-state index contributed by atoms with van der Waals surface area (Å²) in [6.07, 6.45) is 0.920. The first-order valence-corrected chi connectivity index (χ1v) is 11.3. The average molecular weight is 432 g/mol. The summed E-state index contributed by atoms with van der Waals surface area (Å²) in [4.78, 5) is 31.7. The Balaban J connectivity index is 1.50. The van der Waals surface area contributed by atoms with Crippen LogP contribution in [0.3, 0.4) is 0 Å². The largest absolute Gasteiger partial charge is 0.322 e. The van der Waals surface area contributed by atoms with Crippen molar-refractivity contribution < 1.29 is 9.59 Å². The molecule has 6 heteroatoms. The SMILES string of the molecule is CCc1cccc(NC(=O)c2ccc(CN3C(=O)CSc4nc(C)cc(C)c43)cc2)c1. The van der Waals surface area contributed by atoms with Crippen LogP contribution in [0.15, 0.2) is 59.6 Å². The fourth-order valence-electron chi connectivity index (χ4n) is 3.74. The second-order valence-electron chi connectivity index (χ2n) is 7.71. The second-order valence-corrected chi connectivity index (χ2v) is 8.67.